The van der Waals surface area contributed by atoms with E-state index >= 15 is 0 Å². The van der Waals surface area contributed by atoms with E-state index in [2.05, 4.69) is 21.2 Å². The van der Waals surface area contributed by atoms with E-state index in [4.69, 9.17) is 0 Å². The van der Waals surface area contributed by atoms with E-state index in [0.717, 1.165) is 22.3 Å². The van der Waals surface area contributed by atoms with Gasteiger partial charge in [-0.25, -0.2) is 0 Å². The molecule has 1 heterocycles. The molecule has 0 bridgehead atoms. The Bertz CT molecular complexity index is 906. The summed E-state index contributed by atoms with van der Waals surface area (Å²) in [5, 5.41) is 10.1. The summed E-state index contributed by atoms with van der Waals surface area (Å²) in [6.07, 6.45) is -1.06. The van der Waals surface area contributed by atoms with E-state index in [0.29, 0.717) is 11.8 Å². The first-order chi connectivity index (χ1) is 10.8. The van der Waals surface area contributed by atoms with Gasteiger partial charge in [0.25, 0.3) is 0 Å². The third-order valence-corrected chi connectivity index (χ3v) is 3.49. The molecule has 2 N–H and O–H groups in total. The zero-order valence-corrected chi connectivity index (χ0v) is 12.1. The number of aromatic nitrogens is 1. The van der Waals surface area contributed by atoms with E-state index in [1.807, 2.05) is 6.92 Å². The number of hydrogen-bond acceptors (Lipinski definition) is 2. The van der Waals surface area contributed by atoms with Crippen molar-refractivity contribution in [1.82, 2.24) is 4.98 Å². The van der Waals surface area contributed by atoms with Crippen LogP contribution in [0, 0.1) is 6.92 Å². The van der Waals surface area contributed by atoms with Crippen molar-refractivity contribution >= 4 is 10.9 Å². The highest BCUT2D eigenvalue weighted by molar-refractivity contribution is 5.86. The van der Waals surface area contributed by atoms with Gasteiger partial charge >= 0.3 is 6.36 Å². The largest absolute Gasteiger partial charge is 0.573 e. The number of benzene rings is 1. The Kier molecular flexibility index (Phi) is 3.57. The molecule has 3 rings (SSSR count). The number of H-pyrrole nitrogens is 1. The smallest absolute Gasteiger partial charge is 0.501 e. The predicted octanol–water partition coefficient (Wildman–Crippen LogP) is 4.61. The lowest BCUT2D eigenvalue weighted by Gasteiger charge is -2.09. The SMILES string of the molecule is Cc1[nH]c2ccc(OC(F)(F)F)cc2c1CC1=CC(O)=C=C=C1. The van der Waals surface area contributed by atoms with Gasteiger partial charge in [0.2, 0.25) is 0 Å². The maximum Gasteiger partial charge on any atom is 0.573 e. The zero-order valence-electron chi connectivity index (χ0n) is 12.1. The monoisotopic (exact) mass is 319 g/mol. The van der Waals surface area contributed by atoms with E-state index in [-0.39, 0.29) is 11.5 Å². The molecule has 0 aliphatic heterocycles. The Labute approximate surface area is 129 Å². The Morgan fingerprint density at radius 3 is 2.78 bits per heavy atom. The standard InChI is InChI=1S/C17H12F3NO2/c1-10-14(8-11-3-2-4-12(22)7-11)15-9-13(23-17(18,19)20)5-6-16(15)21-10/h3,5-7,9,21-22H,8H2,1H3. The first kappa shape index (κ1) is 15.1. The van der Waals surface area contributed by atoms with E-state index in [1.165, 1.54) is 12.1 Å². The lowest BCUT2D eigenvalue weighted by Crippen LogP contribution is -2.16. The zero-order chi connectivity index (χ0) is 16.6. The Hall–Kier alpha value is -2.81. The van der Waals surface area contributed by atoms with Gasteiger partial charge in [0.15, 0.2) is 5.76 Å². The van der Waals surface area contributed by atoms with Gasteiger partial charge in [-0.15, -0.1) is 13.2 Å². The number of aromatic amines is 1. The number of ether oxygens (including phenoxy) is 1. The highest BCUT2D eigenvalue weighted by atomic mass is 19.4. The molecule has 1 aliphatic carbocycles. The molecular formula is C17H12F3NO2. The molecular weight excluding hydrogens is 307 g/mol. The number of aliphatic hydroxyl groups is 1. The van der Waals surface area contributed by atoms with E-state index in [1.54, 1.807) is 18.2 Å². The van der Waals surface area contributed by atoms with Crippen molar-refractivity contribution in [3.63, 3.8) is 0 Å². The fourth-order valence-corrected chi connectivity index (χ4v) is 2.55. The number of alkyl halides is 3. The number of fused-ring (bicyclic) bond motifs is 1. The number of nitrogens with one attached hydrogen (secondary N) is 1. The summed E-state index contributed by atoms with van der Waals surface area (Å²) in [5.74, 6) is -0.290. The van der Waals surface area contributed by atoms with Crippen molar-refractivity contribution in [2.45, 2.75) is 19.7 Å². The minimum Gasteiger partial charge on any atom is -0.501 e. The maximum atomic E-state index is 12.4. The van der Waals surface area contributed by atoms with Crippen LogP contribution in [0.25, 0.3) is 10.9 Å². The van der Waals surface area contributed by atoms with Gasteiger partial charge < -0.3 is 14.8 Å². The van der Waals surface area contributed by atoms with Gasteiger partial charge in [0.05, 0.1) is 0 Å². The Balaban J connectivity index is 1.99. The molecule has 0 radical (unpaired) electrons. The Morgan fingerprint density at radius 1 is 1.30 bits per heavy atom. The summed E-state index contributed by atoms with van der Waals surface area (Å²) in [4.78, 5) is 3.13. The molecule has 6 heteroatoms. The highest BCUT2D eigenvalue weighted by Crippen LogP contribution is 2.31. The van der Waals surface area contributed by atoms with Gasteiger partial charge in [0.1, 0.15) is 5.75 Å². The third kappa shape index (κ3) is 3.34. The second kappa shape index (κ2) is 5.43. The van der Waals surface area contributed by atoms with Crippen molar-refractivity contribution in [3.05, 3.63) is 64.4 Å². The summed E-state index contributed by atoms with van der Waals surface area (Å²) in [5.41, 5.74) is 8.40. The van der Waals surface area contributed by atoms with Crippen LogP contribution in [-0.4, -0.2) is 16.5 Å². The van der Waals surface area contributed by atoms with E-state index < -0.39 is 6.36 Å². The van der Waals surface area contributed by atoms with Crippen LogP contribution in [0.5, 0.6) is 5.75 Å². The molecule has 23 heavy (non-hydrogen) atoms. The van der Waals surface area contributed by atoms with Crippen LogP contribution < -0.4 is 4.74 Å². The fraction of sp³-hybridized carbons (Fsp3) is 0.176. The van der Waals surface area contributed by atoms with Crippen molar-refractivity contribution < 1.29 is 23.0 Å². The molecule has 3 nitrogen and oxygen atoms in total. The van der Waals surface area contributed by atoms with Crippen LogP contribution in [0.1, 0.15) is 11.3 Å². The molecule has 0 saturated heterocycles. The highest BCUT2D eigenvalue weighted by Gasteiger charge is 2.31. The summed E-state index contributed by atoms with van der Waals surface area (Å²) < 4.78 is 41.1. The molecule has 0 fully saturated rings. The molecule has 0 saturated carbocycles. The summed E-state index contributed by atoms with van der Waals surface area (Å²) in [6.45, 7) is 1.85. The molecule has 0 atom stereocenters. The molecule has 1 aliphatic rings. The van der Waals surface area contributed by atoms with Crippen LogP contribution in [0.3, 0.4) is 0 Å². The second-order valence-corrected chi connectivity index (χ2v) is 5.18. The van der Waals surface area contributed by atoms with Gasteiger partial charge in [-0.3, -0.25) is 0 Å². The lowest BCUT2D eigenvalue weighted by molar-refractivity contribution is -0.274. The molecule has 1 aromatic carbocycles. The second-order valence-electron chi connectivity index (χ2n) is 5.18. The van der Waals surface area contributed by atoms with Gasteiger partial charge in [0, 0.05) is 23.0 Å². The normalized spacial score (nSPS) is 14.1. The van der Waals surface area contributed by atoms with Crippen LogP contribution in [0.2, 0.25) is 0 Å². The summed E-state index contributed by atoms with van der Waals surface area (Å²) in [7, 11) is 0. The average Bonchev–Trinajstić information content (AvgIpc) is 2.73. The van der Waals surface area contributed by atoms with Crippen molar-refractivity contribution in [2.75, 3.05) is 0 Å². The lowest BCUT2D eigenvalue weighted by atomic mass is 10.0. The number of aliphatic hydroxyl groups excluding tert-OH is 1. The number of hydrogen-bond donors (Lipinski definition) is 2. The first-order valence-corrected chi connectivity index (χ1v) is 6.80. The molecule has 0 unspecified atom stereocenters. The molecule has 118 valence electrons. The maximum absolute atomic E-state index is 12.4. The predicted molar refractivity (Wildman–Crippen MR) is 79.2 cm³/mol. The minimum atomic E-state index is -4.73. The van der Waals surface area contributed by atoms with Crippen molar-refractivity contribution in [3.8, 4) is 5.75 Å². The molecule has 1 aromatic heterocycles. The number of aryl methyl sites for hydroxylation is 1. The minimum absolute atomic E-state index is 0.0268. The van der Waals surface area contributed by atoms with Crippen LogP contribution in [0.4, 0.5) is 13.2 Å². The third-order valence-electron chi connectivity index (χ3n) is 3.49. The molecule has 2 aromatic rings. The van der Waals surface area contributed by atoms with Gasteiger partial charge in [-0.05, 0) is 54.1 Å². The van der Waals surface area contributed by atoms with Crippen molar-refractivity contribution in [1.29, 1.82) is 0 Å². The fourth-order valence-electron chi connectivity index (χ4n) is 2.55. The Morgan fingerprint density at radius 2 is 2.09 bits per heavy atom. The number of rotatable bonds is 3. The van der Waals surface area contributed by atoms with Crippen LogP contribution in [-0.2, 0) is 6.42 Å². The van der Waals surface area contributed by atoms with Crippen LogP contribution >= 0.6 is 0 Å². The van der Waals surface area contributed by atoms with Gasteiger partial charge in [-0.2, -0.15) is 0 Å². The van der Waals surface area contributed by atoms with Crippen LogP contribution in [0.15, 0.2) is 53.1 Å². The number of halogens is 3. The quantitative estimate of drug-likeness (QED) is 0.812. The number of allylic oxidation sites excluding steroid dienone is 3. The summed E-state index contributed by atoms with van der Waals surface area (Å²) >= 11 is 0. The topological polar surface area (TPSA) is 45.2 Å². The molecule has 0 spiro atoms. The van der Waals surface area contributed by atoms with E-state index in [9.17, 15) is 18.3 Å². The first-order valence-electron chi connectivity index (χ1n) is 6.80. The van der Waals surface area contributed by atoms with Crippen molar-refractivity contribution in [2.24, 2.45) is 0 Å². The average molecular weight is 319 g/mol. The summed E-state index contributed by atoms with van der Waals surface area (Å²) in [6, 6.07) is 4.18. The van der Waals surface area contributed by atoms with Gasteiger partial charge in [-0.1, -0.05) is 5.73 Å². The molecule has 0 amide bonds.